The van der Waals surface area contributed by atoms with Crippen LogP contribution in [0.2, 0.25) is 0 Å². The highest BCUT2D eigenvalue weighted by atomic mass is 16.1. The first-order chi connectivity index (χ1) is 10.1. The van der Waals surface area contributed by atoms with E-state index in [-0.39, 0.29) is 5.91 Å². The van der Waals surface area contributed by atoms with Crippen LogP contribution in [0.1, 0.15) is 10.5 Å². The summed E-state index contributed by atoms with van der Waals surface area (Å²) in [6, 6.07) is 11.5. The van der Waals surface area contributed by atoms with Gasteiger partial charge < -0.3 is 15.2 Å². The quantitative estimate of drug-likeness (QED) is 0.775. The second-order valence-corrected chi connectivity index (χ2v) is 5.01. The molecule has 0 radical (unpaired) electrons. The third-order valence-corrected chi connectivity index (χ3v) is 3.30. The molecule has 0 aliphatic rings. The summed E-state index contributed by atoms with van der Waals surface area (Å²) >= 11 is 0. The van der Waals surface area contributed by atoms with E-state index in [9.17, 15) is 4.79 Å². The number of rotatable bonds is 3. The molecule has 3 rings (SSSR count). The van der Waals surface area contributed by atoms with Crippen LogP contribution in [-0.2, 0) is 0 Å². The predicted octanol–water partition coefficient (Wildman–Crippen LogP) is 2.88. The van der Waals surface area contributed by atoms with Gasteiger partial charge in [0.1, 0.15) is 5.69 Å². The number of hydrogen-bond acceptors (Lipinski definition) is 3. The first-order valence-electron chi connectivity index (χ1n) is 6.65. The van der Waals surface area contributed by atoms with E-state index < -0.39 is 0 Å². The van der Waals surface area contributed by atoms with Gasteiger partial charge in [-0.25, -0.2) is 0 Å². The molecule has 21 heavy (non-hydrogen) atoms. The number of hydrogen-bond donors (Lipinski definition) is 2. The summed E-state index contributed by atoms with van der Waals surface area (Å²) in [5, 5.41) is 3.91. The van der Waals surface area contributed by atoms with Crippen molar-refractivity contribution >= 4 is 28.2 Å². The molecule has 0 saturated heterocycles. The molecule has 5 nitrogen and oxygen atoms in total. The molecule has 0 fully saturated rings. The van der Waals surface area contributed by atoms with Crippen LogP contribution in [0, 0.1) is 0 Å². The monoisotopic (exact) mass is 280 g/mol. The number of nitrogens with zero attached hydrogens (tertiary/aromatic N) is 2. The molecular weight excluding hydrogens is 264 g/mol. The molecule has 0 bridgehead atoms. The fourth-order valence-corrected chi connectivity index (χ4v) is 2.26. The minimum Gasteiger partial charge on any atom is -0.376 e. The Balaban J connectivity index is 1.89. The SMILES string of the molecule is CN(C)c1ccncc1NC(=O)c1cc2ccccc2[nH]1. The van der Waals surface area contributed by atoms with Crippen LogP contribution in [0.3, 0.4) is 0 Å². The number of amides is 1. The zero-order chi connectivity index (χ0) is 14.8. The number of anilines is 2. The summed E-state index contributed by atoms with van der Waals surface area (Å²) in [7, 11) is 3.85. The van der Waals surface area contributed by atoms with E-state index in [1.807, 2.05) is 55.4 Å². The third kappa shape index (κ3) is 2.58. The van der Waals surface area contributed by atoms with Gasteiger partial charge in [-0.3, -0.25) is 9.78 Å². The zero-order valence-electron chi connectivity index (χ0n) is 11.9. The lowest BCUT2D eigenvalue weighted by Gasteiger charge is -2.16. The van der Waals surface area contributed by atoms with E-state index in [2.05, 4.69) is 15.3 Å². The maximum absolute atomic E-state index is 12.4. The third-order valence-electron chi connectivity index (χ3n) is 3.30. The molecule has 106 valence electrons. The fourth-order valence-electron chi connectivity index (χ4n) is 2.26. The summed E-state index contributed by atoms with van der Waals surface area (Å²) < 4.78 is 0. The Labute approximate surface area is 122 Å². The standard InChI is InChI=1S/C16H16N4O/c1-20(2)15-7-8-17-10-14(15)19-16(21)13-9-11-5-3-4-6-12(11)18-13/h3-10,18H,1-2H3,(H,19,21). The highest BCUT2D eigenvalue weighted by molar-refractivity contribution is 6.07. The summed E-state index contributed by atoms with van der Waals surface area (Å²) in [6.07, 6.45) is 3.35. The van der Waals surface area contributed by atoms with Gasteiger partial charge in [0.15, 0.2) is 0 Å². The molecule has 0 spiro atoms. The molecule has 0 atom stereocenters. The van der Waals surface area contributed by atoms with Gasteiger partial charge in [-0.05, 0) is 18.2 Å². The Morgan fingerprint density at radius 3 is 2.81 bits per heavy atom. The maximum atomic E-state index is 12.4. The summed E-state index contributed by atoms with van der Waals surface area (Å²) in [6.45, 7) is 0. The van der Waals surface area contributed by atoms with Crippen LogP contribution in [0.15, 0.2) is 48.8 Å². The van der Waals surface area contributed by atoms with Crippen LogP contribution in [0.4, 0.5) is 11.4 Å². The molecule has 1 amide bonds. The number of benzene rings is 1. The number of aromatic nitrogens is 2. The molecule has 0 unspecified atom stereocenters. The number of H-pyrrole nitrogens is 1. The Morgan fingerprint density at radius 1 is 1.24 bits per heavy atom. The second kappa shape index (κ2) is 5.28. The maximum Gasteiger partial charge on any atom is 0.272 e. The van der Waals surface area contributed by atoms with Crippen molar-refractivity contribution in [1.29, 1.82) is 0 Å². The minimum absolute atomic E-state index is 0.178. The lowest BCUT2D eigenvalue weighted by atomic mass is 10.2. The lowest BCUT2D eigenvalue weighted by molar-refractivity contribution is 0.102. The molecule has 5 heteroatoms. The fraction of sp³-hybridized carbons (Fsp3) is 0.125. The Morgan fingerprint density at radius 2 is 2.05 bits per heavy atom. The molecular formula is C16H16N4O. The van der Waals surface area contributed by atoms with E-state index in [0.29, 0.717) is 11.4 Å². The van der Waals surface area contributed by atoms with E-state index in [1.54, 1.807) is 12.4 Å². The smallest absolute Gasteiger partial charge is 0.272 e. The zero-order valence-corrected chi connectivity index (χ0v) is 11.9. The van der Waals surface area contributed by atoms with Crippen molar-refractivity contribution in [2.75, 3.05) is 24.3 Å². The molecule has 0 saturated carbocycles. The molecule has 3 aromatic rings. The van der Waals surface area contributed by atoms with Gasteiger partial charge in [-0.2, -0.15) is 0 Å². The predicted molar refractivity (Wildman–Crippen MR) is 84.8 cm³/mol. The molecule has 2 heterocycles. The van der Waals surface area contributed by atoms with Gasteiger partial charge >= 0.3 is 0 Å². The largest absolute Gasteiger partial charge is 0.376 e. The highest BCUT2D eigenvalue weighted by Gasteiger charge is 2.12. The molecule has 2 N–H and O–H groups in total. The van der Waals surface area contributed by atoms with Gasteiger partial charge in [0.25, 0.3) is 5.91 Å². The van der Waals surface area contributed by atoms with E-state index >= 15 is 0 Å². The van der Waals surface area contributed by atoms with Crippen molar-refractivity contribution in [2.45, 2.75) is 0 Å². The number of nitrogens with one attached hydrogen (secondary N) is 2. The van der Waals surface area contributed by atoms with Crippen molar-refractivity contribution in [1.82, 2.24) is 9.97 Å². The van der Waals surface area contributed by atoms with Crippen LogP contribution in [0.25, 0.3) is 10.9 Å². The summed E-state index contributed by atoms with van der Waals surface area (Å²) in [5.41, 5.74) is 3.08. The van der Waals surface area contributed by atoms with Crippen LogP contribution >= 0.6 is 0 Å². The van der Waals surface area contributed by atoms with E-state index in [1.165, 1.54) is 0 Å². The van der Waals surface area contributed by atoms with Crippen molar-refractivity contribution in [3.63, 3.8) is 0 Å². The van der Waals surface area contributed by atoms with Crippen molar-refractivity contribution < 1.29 is 4.79 Å². The minimum atomic E-state index is -0.178. The molecule has 2 aromatic heterocycles. The first-order valence-corrected chi connectivity index (χ1v) is 6.65. The van der Waals surface area contributed by atoms with Crippen LogP contribution in [-0.4, -0.2) is 30.0 Å². The number of pyridine rings is 1. The van der Waals surface area contributed by atoms with Crippen LogP contribution in [0.5, 0.6) is 0 Å². The van der Waals surface area contributed by atoms with Crippen molar-refractivity contribution in [2.24, 2.45) is 0 Å². The van der Waals surface area contributed by atoms with Gasteiger partial charge in [-0.1, -0.05) is 18.2 Å². The van der Waals surface area contributed by atoms with Crippen molar-refractivity contribution in [3.8, 4) is 0 Å². The Hall–Kier alpha value is -2.82. The van der Waals surface area contributed by atoms with Gasteiger partial charge in [0.05, 0.1) is 17.6 Å². The lowest BCUT2D eigenvalue weighted by Crippen LogP contribution is -2.17. The Kier molecular flexibility index (Phi) is 3.31. The molecule has 0 aliphatic carbocycles. The average Bonchev–Trinajstić information content (AvgIpc) is 2.91. The number of carbonyl (C=O) groups excluding carboxylic acids is 1. The van der Waals surface area contributed by atoms with E-state index in [4.69, 9.17) is 0 Å². The number of aromatic amines is 1. The molecule has 1 aromatic carbocycles. The number of carbonyl (C=O) groups is 1. The Bertz CT molecular complexity index is 759. The second-order valence-electron chi connectivity index (χ2n) is 5.01. The normalized spacial score (nSPS) is 10.6. The van der Waals surface area contributed by atoms with Gasteiger partial charge in [0.2, 0.25) is 0 Å². The van der Waals surface area contributed by atoms with Gasteiger partial charge in [0, 0.05) is 31.2 Å². The van der Waals surface area contributed by atoms with E-state index in [0.717, 1.165) is 16.6 Å². The number of fused-ring (bicyclic) bond motifs is 1. The average molecular weight is 280 g/mol. The first kappa shape index (κ1) is 13.2. The van der Waals surface area contributed by atoms with Crippen LogP contribution < -0.4 is 10.2 Å². The van der Waals surface area contributed by atoms with Crippen molar-refractivity contribution in [3.05, 3.63) is 54.5 Å². The highest BCUT2D eigenvalue weighted by Crippen LogP contribution is 2.23. The number of para-hydroxylation sites is 1. The summed E-state index contributed by atoms with van der Waals surface area (Å²) in [4.78, 5) is 21.5. The van der Waals surface area contributed by atoms with Gasteiger partial charge in [-0.15, -0.1) is 0 Å². The molecule has 0 aliphatic heterocycles. The topological polar surface area (TPSA) is 61.0 Å². The summed E-state index contributed by atoms with van der Waals surface area (Å²) in [5.74, 6) is -0.178.